The number of benzene rings is 2. The molecule has 1 fully saturated rings. The SMILES string of the molecule is CCN(c1ncnc2c(F)c(-c3ccc(F)c4sc(NC(=O)OC(C)(C)C)c(C#N)c34)c(C(F)(F)F)cc12)[C@H]1CCN(C(=O)OC)C1. The van der Waals surface area contributed by atoms with Gasteiger partial charge in [-0.15, -0.1) is 11.3 Å². The third-order valence-corrected chi connectivity index (χ3v) is 8.70. The highest BCUT2D eigenvalue weighted by atomic mass is 32.1. The number of carbonyl (C=O) groups excluding carboxylic acids is 2. The Morgan fingerprint density at radius 3 is 2.55 bits per heavy atom. The molecule has 1 aliphatic heterocycles. The van der Waals surface area contributed by atoms with E-state index in [1.807, 2.05) is 6.07 Å². The smallest absolute Gasteiger partial charge is 0.417 e. The van der Waals surface area contributed by atoms with Gasteiger partial charge >= 0.3 is 18.4 Å². The Kier molecular flexibility index (Phi) is 8.89. The zero-order valence-corrected chi connectivity index (χ0v) is 26.7. The molecule has 47 heavy (non-hydrogen) atoms. The van der Waals surface area contributed by atoms with Crippen molar-refractivity contribution in [3.63, 3.8) is 0 Å². The molecule has 1 saturated heterocycles. The number of nitrogens with zero attached hydrogens (tertiary/aromatic N) is 5. The van der Waals surface area contributed by atoms with Crippen molar-refractivity contribution in [2.45, 2.75) is 51.9 Å². The third-order valence-electron chi connectivity index (χ3n) is 7.59. The van der Waals surface area contributed by atoms with E-state index in [2.05, 4.69) is 15.3 Å². The fraction of sp³-hybridized carbons (Fsp3) is 0.387. The maximum Gasteiger partial charge on any atom is 0.417 e. The summed E-state index contributed by atoms with van der Waals surface area (Å²) in [4.78, 5) is 35.9. The lowest BCUT2D eigenvalue weighted by atomic mass is 9.92. The van der Waals surface area contributed by atoms with Crippen molar-refractivity contribution in [1.82, 2.24) is 14.9 Å². The summed E-state index contributed by atoms with van der Waals surface area (Å²) in [6.45, 7) is 7.37. The first kappa shape index (κ1) is 33.6. The van der Waals surface area contributed by atoms with E-state index in [1.165, 1.54) is 12.0 Å². The fourth-order valence-corrected chi connectivity index (χ4v) is 6.77. The molecule has 2 aromatic heterocycles. The van der Waals surface area contributed by atoms with Crippen LogP contribution < -0.4 is 10.2 Å². The van der Waals surface area contributed by atoms with Crippen LogP contribution in [0, 0.1) is 23.0 Å². The number of fused-ring (bicyclic) bond motifs is 2. The minimum Gasteiger partial charge on any atom is -0.453 e. The fourth-order valence-electron chi connectivity index (χ4n) is 5.71. The number of amides is 2. The van der Waals surface area contributed by atoms with E-state index in [1.54, 1.807) is 32.6 Å². The molecule has 16 heteroatoms. The summed E-state index contributed by atoms with van der Waals surface area (Å²) < 4.78 is 86.0. The van der Waals surface area contributed by atoms with Gasteiger partial charge in [-0.2, -0.15) is 18.4 Å². The first-order chi connectivity index (χ1) is 22.1. The van der Waals surface area contributed by atoms with Gasteiger partial charge in [0.15, 0.2) is 5.82 Å². The van der Waals surface area contributed by atoms with Crippen LogP contribution in [0.3, 0.4) is 0 Å². The van der Waals surface area contributed by atoms with Crippen LogP contribution in [0.1, 0.15) is 45.2 Å². The van der Waals surface area contributed by atoms with Crippen LogP contribution in [0.25, 0.3) is 32.1 Å². The highest BCUT2D eigenvalue weighted by Crippen LogP contribution is 2.48. The van der Waals surface area contributed by atoms with Gasteiger partial charge in [0.1, 0.15) is 40.2 Å². The first-order valence-electron chi connectivity index (χ1n) is 14.4. The lowest BCUT2D eigenvalue weighted by Crippen LogP contribution is -2.39. The number of hydrogen-bond acceptors (Lipinski definition) is 9. The maximum absolute atomic E-state index is 16.6. The molecule has 2 aromatic carbocycles. The van der Waals surface area contributed by atoms with Crippen molar-refractivity contribution >= 4 is 55.3 Å². The van der Waals surface area contributed by atoms with Gasteiger partial charge in [-0.05, 0) is 51.8 Å². The Labute approximate surface area is 269 Å². The second kappa shape index (κ2) is 12.4. The van der Waals surface area contributed by atoms with Crippen LogP contribution in [0.2, 0.25) is 0 Å². The van der Waals surface area contributed by atoms with Crippen LogP contribution in [0.4, 0.5) is 42.4 Å². The van der Waals surface area contributed by atoms with Crippen molar-refractivity contribution in [3.05, 3.63) is 47.3 Å². The van der Waals surface area contributed by atoms with Crippen LogP contribution >= 0.6 is 11.3 Å². The molecule has 0 aliphatic carbocycles. The summed E-state index contributed by atoms with van der Waals surface area (Å²) in [5.74, 6) is -2.22. The molecular weight excluding hydrogens is 647 g/mol. The zero-order chi connectivity index (χ0) is 34.4. The molecule has 3 heterocycles. The van der Waals surface area contributed by atoms with E-state index < -0.39 is 57.8 Å². The van der Waals surface area contributed by atoms with Gasteiger partial charge in [0.05, 0.1) is 22.9 Å². The monoisotopic (exact) mass is 676 g/mol. The molecule has 10 nitrogen and oxygen atoms in total. The summed E-state index contributed by atoms with van der Waals surface area (Å²) in [6.07, 6.45) is -5.15. The van der Waals surface area contributed by atoms with E-state index in [0.29, 0.717) is 24.3 Å². The number of carbonyl (C=O) groups is 2. The normalized spacial score (nSPS) is 15.2. The average Bonchev–Trinajstić information content (AvgIpc) is 3.62. The number of ether oxygens (including phenoxy) is 2. The zero-order valence-electron chi connectivity index (χ0n) is 25.9. The molecule has 1 N–H and O–H groups in total. The van der Waals surface area contributed by atoms with Gasteiger partial charge in [0.25, 0.3) is 0 Å². The number of alkyl halides is 3. The number of aromatic nitrogens is 2. The van der Waals surface area contributed by atoms with Crippen molar-refractivity contribution in [2.75, 3.05) is 37.0 Å². The quantitative estimate of drug-likeness (QED) is 0.214. The third kappa shape index (κ3) is 6.31. The van der Waals surface area contributed by atoms with Crippen LogP contribution in [-0.4, -0.2) is 65.4 Å². The number of methoxy groups -OCH3 is 1. The summed E-state index contributed by atoms with van der Waals surface area (Å²) in [5, 5.41) is 11.7. The number of hydrogen-bond donors (Lipinski definition) is 1. The maximum atomic E-state index is 16.6. The largest absolute Gasteiger partial charge is 0.453 e. The molecule has 2 amide bonds. The number of likely N-dealkylation sites (N-methyl/N-ethyl adjacent to an activating group) is 1. The predicted octanol–water partition coefficient (Wildman–Crippen LogP) is 7.69. The molecule has 5 rings (SSSR count). The highest BCUT2D eigenvalue weighted by molar-refractivity contribution is 7.23. The number of likely N-dealkylation sites (tertiary alicyclic amines) is 1. The Hall–Kier alpha value is -4.78. The van der Waals surface area contributed by atoms with Gasteiger partial charge in [-0.25, -0.2) is 28.3 Å². The van der Waals surface area contributed by atoms with Gasteiger partial charge in [-0.3, -0.25) is 5.32 Å². The van der Waals surface area contributed by atoms with Crippen LogP contribution in [-0.2, 0) is 15.7 Å². The number of anilines is 2. The molecule has 248 valence electrons. The number of nitriles is 1. The Morgan fingerprint density at radius 2 is 1.94 bits per heavy atom. The number of thiophene rings is 1. The molecule has 0 spiro atoms. The molecule has 4 aromatic rings. The molecule has 0 radical (unpaired) electrons. The molecule has 1 atom stereocenters. The van der Waals surface area contributed by atoms with Crippen molar-refractivity contribution in [1.29, 1.82) is 5.26 Å². The van der Waals surface area contributed by atoms with Crippen LogP contribution in [0.5, 0.6) is 0 Å². The van der Waals surface area contributed by atoms with Crippen molar-refractivity contribution < 1.29 is 41.0 Å². The number of halogens is 5. The minimum absolute atomic E-state index is 0.0338. The molecule has 0 unspecified atom stereocenters. The van der Waals surface area contributed by atoms with E-state index in [0.717, 1.165) is 24.5 Å². The lowest BCUT2D eigenvalue weighted by molar-refractivity contribution is -0.137. The predicted molar refractivity (Wildman–Crippen MR) is 165 cm³/mol. The van der Waals surface area contributed by atoms with Gasteiger partial charge in [-0.1, -0.05) is 6.07 Å². The van der Waals surface area contributed by atoms with Gasteiger partial charge in [0, 0.05) is 42.0 Å². The molecular formula is C31H29F5N6O4S. The van der Waals surface area contributed by atoms with Crippen molar-refractivity contribution in [3.8, 4) is 17.2 Å². The summed E-state index contributed by atoms with van der Waals surface area (Å²) in [6, 6.07) is 4.03. The van der Waals surface area contributed by atoms with E-state index >= 15 is 8.78 Å². The summed E-state index contributed by atoms with van der Waals surface area (Å²) in [7, 11) is 1.24. The topological polar surface area (TPSA) is 121 Å². The average molecular weight is 677 g/mol. The Bertz CT molecular complexity index is 1930. The number of nitrogens with one attached hydrogen (secondary N) is 1. The second-order valence-corrected chi connectivity index (χ2v) is 12.7. The standard InChI is InChI=1S/C31H29F5N6O4S/c1-6-42(15-9-10-41(13-15)29(44)45-5)26-17-11-19(31(34,35)36)22(23(33)24(17)38-14-39-26)16-7-8-20(32)25-21(16)18(12-37)27(47-25)40-28(43)46-30(2,3)4/h7-8,11,14-15H,6,9-10,13H2,1-5H3,(H,40,43)/t15-/m0/s1. The van der Waals surface area contributed by atoms with Crippen molar-refractivity contribution in [2.24, 2.45) is 0 Å². The Morgan fingerprint density at radius 1 is 1.21 bits per heavy atom. The molecule has 0 bridgehead atoms. The number of rotatable bonds is 5. The van der Waals surface area contributed by atoms with Crippen LogP contribution in [0.15, 0.2) is 24.5 Å². The summed E-state index contributed by atoms with van der Waals surface area (Å²) in [5.41, 5.74) is -4.49. The van der Waals surface area contributed by atoms with Gasteiger partial charge < -0.3 is 19.3 Å². The Balaban J connectivity index is 1.72. The molecule has 1 aliphatic rings. The highest BCUT2D eigenvalue weighted by Gasteiger charge is 2.39. The first-order valence-corrected chi connectivity index (χ1v) is 15.2. The molecule has 0 saturated carbocycles. The summed E-state index contributed by atoms with van der Waals surface area (Å²) >= 11 is 0.606. The second-order valence-electron chi connectivity index (χ2n) is 11.7. The van der Waals surface area contributed by atoms with E-state index in [-0.39, 0.29) is 51.0 Å². The lowest BCUT2D eigenvalue weighted by Gasteiger charge is -2.30. The van der Waals surface area contributed by atoms with E-state index in [4.69, 9.17) is 9.47 Å². The van der Waals surface area contributed by atoms with E-state index in [9.17, 15) is 28.0 Å². The van der Waals surface area contributed by atoms with Gasteiger partial charge in [0.2, 0.25) is 0 Å². The minimum atomic E-state index is -5.12.